The molecule has 132 valence electrons. The first-order valence-electron chi connectivity index (χ1n) is 8.40. The van der Waals surface area contributed by atoms with Crippen LogP contribution in [-0.2, 0) is 19.4 Å². The van der Waals surface area contributed by atoms with Crippen LogP contribution in [0.4, 0.5) is 0 Å². The molecular weight excluding hydrogens is 392 g/mol. The Labute approximate surface area is 161 Å². The summed E-state index contributed by atoms with van der Waals surface area (Å²) in [5.74, 6) is -0.0739. The summed E-state index contributed by atoms with van der Waals surface area (Å²) in [6.07, 6.45) is 1.32. The van der Waals surface area contributed by atoms with Gasteiger partial charge >= 0.3 is 5.97 Å². The summed E-state index contributed by atoms with van der Waals surface area (Å²) in [7, 11) is 0. The van der Waals surface area contributed by atoms with Crippen LogP contribution in [0, 0.1) is 0 Å². The average molecular weight is 411 g/mol. The number of aromatic carboxylic acids is 1. The summed E-state index contributed by atoms with van der Waals surface area (Å²) >= 11 is 3.47. The van der Waals surface area contributed by atoms with E-state index >= 15 is 0 Å². The van der Waals surface area contributed by atoms with E-state index in [-0.39, 0.29) is 0 Å². The Morgan fingerprint density at radius 2 is 1.62 bits per heavy atom. The van der Waals surface area contributed by atoms with Crippen molar-refractivity contribution in [2.24, 2.45) is 0 Å². The van der Waals surface area contributed by atoms with Crippen molar-refractivity contribution in [3.63, 3.8) is 0 Å². The zero-order valence-electron chi connectivity index (χ0n) is 14.2. The third-order valence-corrected chi connectivity index (χ3v) is 4.95. The number of carboxylic acid groups (broad SMARTS) is 1. The van der Waals surface area contributed by atoms with Gasteiger partial charge in [0.1, 0.15) is 12.4 Å². The van der Waals surface area contributed by atoms with E-state index in [0.717, 1.165) is 26.9 Å². The van der Waals surface area contributed by atoms with E-state index in [4.69, 9.17) is 4.74 Å². The van der Waals surface area contributed by atoms with Gasteiger partial charge in [-0.3, -0.25) is 0 Å². The van der Waals surface area contributed by atoms with Crippen molar-refractivity contribution in [2.45, 2.75) is 19.4 Å². The highest BCUT2D eigenvalue weighted by atomic mass is 79.9. The monoisotopic (exact) mass is 410 g/mol. The Morgan fingerprint density at radius 1 is 0.885 bits per heavy atom. The van der Waals surface area contributed by atoms with Gasteiger partial charge in [0, 0.05) is 4.47 Å². The number of hydrogen-bond acceptors (Lipinski definition) is 2. The molecule has 0 amide bonds. The highest BCUT2D eigenvalue weighted by Gasteiger charge is 2.13. The summed E-state index contributed by atoms with van der Waals surface area (Å²) in [6, 6.07) is 23.2. The van der Waals surface area contributed by atoms with Crippen molar-refractivity contribution in [3.8, 4) is 5.75 Å². The molecule has 0 aliphatic heterocycles. The van der Waals surface area contributed by atoms with Gasteiger partial charge in [-0.05, 0) is 47.7 Å². The minimum absolute atomic E-state index is 0.335. The Hall–Kier alpha value is -2.59. The van der Waals surface area contributed by atoms with Crippen LogP contribution in [0.3, 0.4) is 0 Å². The maximum atomic E-state index is 11.5. The molecule has 0 saturated heterocycles. The van der Waals surface area contributed by atoms with Gasteiger partial charge in [-0.1, -0.05) is 70.5 Å². The number of aryl methyl sites for hydroxylation is 1. The summed E-state index contributed by atoms with van der Waals surface area (Å²) in [5.41, 5.74) is 3.32. The summed E-state index contributed by atoms with van der Waals surface area (Å²) < 4.78 is 6.81. The van der Waals surface area contributed by atoms with E-state index in [1.807, 2.05) is 60.7 Å². The van der Waals surface area contributed by atoms with Crippen LogP contribution in [0.5, 0.6) is 5.75 Å². The van der Waals surface area contributed by atoms with Gasteiger partial charge in [0.2, 0.25) is 0 Å². The first-order valence-corrected chi connectivity index (χ1v) is 9.20. The summed E-state index contributed by atoms with van der Waals surface area (Å²) in [4.78, 5) is 11.5. The van der Waals surface area contributed by atoms with Crippen LogP contribution < -0.4 is 4.74 Å². The molecule has 0 saturated carbocycles. The standard InChI is InChI=1S/C22H19BrO3/c23-20-11-6-10-19(22(24)25)18(20)14-13-17-9-4-5-12-21(17)26-15-16-7-2-1-3-8-16/h1-12H,13-15H2,(H,24,25). The molecule has 0 aliphatic carbocycles. The van der Waals surface area contributed by atoms with Crippen molar-refractivity contribution >= 4 is 21.9 Å². The molecule has 0 bridgehead atoms. The maximum absolute atomic E-state index is 11.5. The quantitative estimate of drug-likeness (QED) is 0.558. The molecule has 0 heterocycles. The molecule has 4 heteroatoms. The lowest BCUT2D eigenvalue weighted by molar-refractivity contribution is 0.0695. The van der Waals surface area contributed by atoms with Crippen LogP contribution in [0.25, 0.3) is 0 Å². The Balaban J connectivity index is 1.74. The first kappa shape index (κ1) is 18.2. The van der Waals surface area contributed by atoms with E-state index < -0.39 is 5.97 Å². The summed E-state index contributed by atoms with van der Waals surface area (Å²) in [6.45, 7) is 0.507. The second kappa shape index (κ2) is 8.68. The molecule has 0 spiro atoms. The third kappa shape index (κ3) is 4.52. The second-order valence-corrected chi connectivity index (χ2v) is 6.81. The van der Waals surface area contributed by atoms with Gasteiger partial charge in [0.15, 0.2) is 0 Å². The predicted molar refractivity (Wildman–Crippen MR) is 106 cm³/mol. The van der Waals surface area contributed by atoms with Crippen LogP contribution in [0.15, 0.2) is 77.3 Å². The molecule has 0 radical (unpaired) electrons. The molecule has 3 rings (SSSR count). The predicted octanol–water partition coefficient (Wildman–Crippen LogP) is 5.51. The molecule has 0 atom stereocenters. The fourth-order valence-electron chi connectivity index (χ4n) is 2.86. The number of hydrogen-bond donors (Lipinski definition) is 1. The molecule has 0 fully saturated rings. The number of rotatable bonds is 7. The van der Waals surface area contributed by atoms with E-state index in [1.165, 1.54) is 0 Å². The lowest BCUT2D eigenvalue weighted by Crippen LogP contribution is -2.05. The number of para-hydroxylation sites is 1. The topological polar surface area (TPSA) is 46.5 Å². The van der Waals surface area contributed by atoms with E-state index in [1.54, 1.807) is 12.1 Å². The molecule has 0 aromatic heterocycles. The Morgan fingerprint density at radius 3 is 2.38 bits per heavy atom. The molecule has 26 heavy (non-hydrogen) atoms. The molecule has 3 aromatic carbocycles. The zero-order chi connectivity index (χ0) is 18.4. The first-order chi connectivity index (χ1) is 12.6. The molecule has 1 N–H and O–H groups in total. The maximum Gasteiger partial charge on any atom is 0.336 e. The van der Waals surface area contributed by atoms with Crippen molar-refractivity contribution in [2.75, 3.05) is 0 Å². The zero-order valence-corrected chi connectivity index (χ0v) is 15.8. The van der Waals surface area contributed by atoms with Crippen molar-refractivity contribution in [1.82, 2.24) is 0 Å². The number of halogens is 1. The highest BCUT2D eigenvalue weighted by Crippen LogP contribution is 2.26. The molecule has 0 unspecified atom stereocenters. The van der Waals surface area contributed by atoms with Crippen molar-refractivity contribution in [3.05, 3.63) is 99.5 Å². The van der Waals surface area contributed by atoms with E-state index in [0.29, 0.717) is 25.0 Å². The molecule has 3 nitrogen and oxygen atoms in total. The van der Waals surface area contributed by atoms with Crippen molar-refractivity contribution < 1.29 is 14.6 Å². The second-order valence-electron chi connectivity index (χ2n) is 5.95. The van der Waals surface area contributed by atoms with Gasteiger partial charge in [-0.2, -0.15) is 0 Å². The molecule has 0 aliphatic rings. The minimum atomic E-state index is -0.907. The van der Waals surface area contributed by atoms with Crippen LogP contribution >= 0.6 is 15.9 Å². The van der Waals surface area contributed by atoms with Gasteiger partial charge in [-0.15, -0.1) is 0 Å². The molecular formula is C22H19BrO3. The average Bonchev–Trinajstić information content (AvgIpc) is 2.66. The van der Waals surface area contributed by atoms with Gasteiger partial charge < -0.3 is 9.84 Å². The number of carbonyl (C=O) groups is 1. The minimum Gasteiger partial charge on any atom is -0.489 e. The van der Waals surface area contributed by atoms with E-state index in [9.17, 15) is 9.90 Å². The highest BCUT2D eigenvalue weighted by molar-refractivity contribution is 9.10. The normalized spacial score (nSPS) is 10.5. The Bertz CT molecular complexity index is 891. The summed E-state index contributed by atoms with van der Waals surface area (Å²) in [5, 5.41) is 9.41. The number of ether oxygens (including phenoxy) is 1. The third-order valence-electron chi connectivity index (χ3n) is 4.20. The van der Waals surface area contributed by atoms with E-state index in [2.05, 4.69) is 15.9 Å². The van der Waals surface area contributed by atoms with Gasteiger partial charge in [0.25, 0.3) is 0 Å². The molecule has 3 aromatic rings. The van der Waals surface area contributed by atoms with Crippen LogP contribution in [-0.4, -0.2) is 11.1 Å². The fourth-order valence-corrected chi connectivity index (χ4v) is 3.42. The largest absolute Gasteiger partial charge is 0.489 e. The number of carboxylic acids is 1. The van der Waals surface area contributed by atoms with Crippen LogP contribution in [0.1, 0.15) is 27.0 Å². The van der Waals surface area contributed by atoms with Crippen molar-refractivity contribution in [1.29, 1.82) is 0 Å². The Kier molecular flexibility index (Phi) is 6.08. The van der Waals surface area contributed by atoms with Gasteiger partial charge in [-0.25, -0.2) is 4.79 Å². The lowest BCUT2D eigenvalue weighted by atomic mass is 9.99. The van der Waals surface area contributed by atoms with Gasteiger partial charge in [0.05, 0.1) is 5.56 Å². The fraction of sp³-hybridized carbons (Fsp3) is 0.136. The SMILES string of the molecule is O=C(O)c1cccc(Br)c1CCc1ccccc1OCc1ccccc1. The van der Waals surface area contributed by atoms with Crippen LogP contribution in [0.2, 0.25) is 0 Å². The lowest BCUT2D eigenvalue weighted by Gasteiger charge is -2.13. The smallest absolute Gasteiger partial charge is 0.336 e. The number of benzene rings is 3.